The van der Waals surface area contributed by atoms with Crippen LogP contribution in [-0.2, 0) is 0 Å². The molecule has 0 fully saturated rings. The van der Waals surface area contributed by atoms with Gasteiger partial charge in [0.05, 0.1) is 5.69 Å². The van der Waals surface area contributed by atoms with Crippen molar-refractivity contribution in [3.05, 3.63) is 35.6 Å². The molecule has 82 valence electrons. The fourth-order valence-electron chi connectivity index (χ4n) is 1.38. The maximum absolute atomic E-state index is 6.01. The zero-order valence-corrected chi connectivity index (χ0v) is 10.0. The summed E-state index contributed by atoms with van der Waals surface area (Å²) in [5.41, 5.74) is 2.07. The van der Waals surface area contributed by atoms with Crippen molar-refractivity contribution in [3.63, 3.8) is 0 Å². The second-order valence-corrected chi connectivity index (χ2v) is 4.06. The number of hydrogen-bond acceptors (Lipinski definition) is 2. The summed E-state index contributed by atoms with van der Waals surface area (Å²) in [6, 6.07) is 2.33. The van der Waals surface area contributed by atoms with Gasteiger partial charge in [0.15, 0.2) is 5.15 Å². The summed E-state index contributed by atoms with van der Waals surface area (Å²) in [6.45, 7) is 7.86. The number of nitrogens with zero attached hydrogens (tertiary/aromatic N) is 1. The molecule has 0 amide bonds. The highest BCUT2D eigenvalue weighted by molar-refractivity contribution is 6.32. The molecule has 0 aliphatic carbocycles. The van der Waals surface area contributed by atoms with Crippen molar-refractivity contribution in [2.75, 3.05) is 5.32 Å². The molecule has 0 bridgehead atoms. The van der Waals surface area contributed by atoms with Gasteiger partial charge in [0, 0.05) is 12.2 Å². The Bertz CT molecular complexity index is 316. The van der Waals surface area contributed by atoms with Gasteiger partial charge < -0.3 is 5.32 Å². The Hall–Kier alpha value is -1.02. The minimum atomic E-state index is 0.378. The minimum absolute atomic E-state index is 0.378. The van der Waals surface area contributed by atoms with E-state index >= 15 is 0 Å². The monoisotopic (exact) mass is 224 g/mol. The minimum Gasteiger partial charge on any atom is -0.380 e. The zero-order chi connectivity index (χ0) is 11.3. The van der Waals surface area contributed by atoms with Crippen LogP contribution in [0.3, 0.4) is 0 Å². The second-order valence-electron chi connectivity index (χ2n) is 3.71. The van der Waals surface area contributed by atoms with E-state index in [4.69, 9.17) is 11.6 Å². The molecule has 1 unspecified atom stereocenters. The van der Waals surface area contributed by atoms with Crippen molar-refractivity contribution in [3.8, 4) is 0 Å². The predicted octanol–water partition coefficient (Wildman–Crippen LogP) is 3.81. The van der Waals surface area contributed by atoms with E-state index in [-0.39, 0.29) is 0 Å². The second kappa shape index (κ2) is 5.76. The molecule has 1 aromatic heterocycles. The number of aryl methyl sites for hydroxylation is 1. The van der Waals surface area contributed by atoms with Crippen LogP contribution in [-0.4, -0.2) is 11.0 Å². The molecule has 1 N–H and O–H groups in total. The van der Waals surface area contributed by atoms with Gasteiger partial charge in [-0.15, -0.1) is 6.58 Å². The highest BCUT2D eigenvalue weighted by Gasteiger charge is 2.07. The molecule has 1 rings (SSSR count). The van der Waals surface area contributed by atoms with Gasteiger partial charge >= 0.3 is 0 Å². The molecular weight excluding hydrogens is 208 g/mol. The molecule has 0 aromatic carbocycles. The zero-order valence-electron chi connectivity index (χ0n) is 9.26. The number of halogens is 1. The number of hydrogen-bond donors (Lipinski definition) is 1. The van der Waals surface area contributed by atoms with Crippen molar-refractivity contribution >= 4 is 17.3 Å². The van der Waals surface area contributed by atoms with Gasteiger partial charge in [-0.25, -0.2) is 4.98 Å². The van der Waals surface area contributed by atoms with E-state index < -0.39 is 0 Å². The van der Waals surface area contributed by atoms with E-state index in [1.165, 1.54) is 0 Å². The summed E-state index contributed by atoms with van der Waals surface area (Å²) in [5.74, 6) is 0. The van der Waals surface area contributed by atoms with Gasteiger partial charge in [-0.3, -0.25) is 0 Å². The van der Waals surface area contributed by atoms with E-state index in [1.54, 1.807) is 6.20 Å². The standard InChI is InChI=1S/C12H17ClN2/c1-4-5-6-10(3)15-11-9(2)7-8-14-12(11)13/h4,7-8,10,15H,1,5-6H2,2-3H3. The van der Waals surface area contributed by atoms with Crippen LogP contribution < -0.4 is 5.32 Å². The lowest BCUT2D eigenvalue weighted by atomic mass is 10.1. The van der Waals surface area contributed by atoms with Crippen LogP contribution in [0.4, 0.5) is 5.69 Å². The van der Waals surface area contributed by atoms with Gasteiger partial charge in [-0.2, -0.15) is 0 Å². The van der Waals surface area contributed by atoms with E-state index in [9.17, 15) is 0 Å². The SMILES string of the molecule is C=CCCC(C)Nc1c(C)ccnc1Cl. The third kappa shape index (κ3) is 3.56. The maximum atomic E-state index is 6.01. The first kappa shape index (κ1) is 12.1. The normalized spacial score (nSPS) is 12.2. The molecule has 15 heavy (non-hydrogen) atoms. The van der Waals surface area contributed by atoms with Gasteiger partial charge in [-0.1, -0.05) is 17.7 Å². The average molecular weight is 225 g/mol. The summed E-state index contributed by atoms with van der Waals surface area (Å²) in [6.07, 6.45) is 5.70. The molecule has 1 aromatic rings. The fourth-order valence-corrected chi connectivity index (χ4v) is 1.64. The molecule has 2 nitrogen and oxygen atoms in total. The van der Waals surface area contributed by atoms with Crippen LogP contribution >= 0.6 is 11.6 Å². The lowest BCUT2D eigenvalue weighted by Crippen LogP contribution is -2.16. The maximum Gasteiger partial charge on any atom is 0.152 e. The number of allylic oxidation sites excluding steroid dienone is 1. The smallest absolute Gasteiger partial charge is 0.152 e. The lowest BCUT2D eigenvalue weighted by molar-refractivity contribution is 0.718. The van der Waals surface area contributed by atoms with Crippen molar-refractivity contribution in [2.45, 2.75) is 32.7 Å². The summed E-state index contributed by atoms with van der Waals surface area (Å²) in [5, 5.41) is 3.91. The van der Waals surface area contributed by atoms with Gasteiger partial charge in [0.2, 0.25) is 0 Å². The predicted molar refractivity (Wildman–Crippen MR) is 66.5 cm³/mol. The molecule has 1 atom stereocenters. The highest BCUT2D eigenvalue weighted by atomic mass is 35.5. The van der Waals surface area contributed by atoms with Crippen LogP contribution in [0.25, 0.3) is 0 Å². The molecule has 0 radical (unpaired) electrons. The van der Waals surface area contributed by atoms with Crippen LogP contribution in [0.2, 0.25) is 5.15 Å². The van der Waals surface area contributed by atoms with E-state index in [1.807, 2.05) is 19.1 Å². The number of pyridine rings is 1. The van der Waals surface area contributed by atoms with Crippen LogP contribution in [0.1, 0.15) is 25.3 Å². The van der Waals surface area contributed by atoms with Crippen LogP contribution in [0.15, 0.2) is 24.9 Å². The topological polar surface area (TPSA) is 24.9 Å². The molecular formula is C12H17ClN2. The Morgan fingerprint density at radius 1 is 1.67 bits per heavy atom. The quantitative estimate of drug-likeness (QED) is 0.608. The number of aromatic nitrogens is 1. The van der Waals surface area contributed by atoms with E-state index in [0.717, 1.165) is 24.1 Å². The third-order valence-corrected chi connectivity index (χ3v) is 2.59. The van der Waals surface area contributed by atoms with Crippen molar-refractivity contribution in [1.82, 2.24) is 4.98 Å². The van der Waals surface area contributed by atoms with E-state index in [0.29, 0.717) is 11.2 Å². The molecule has 0 aliphatic heterocycles. The number of rotatable bonds is 5. The largest absolute Gasteiger partial charge is 0.380 e. The Kier molecular flexibility index (Phi) is 4.63. The first-order valence-electron chi connectivity index (χ1n) is 5.13. The highest BCUT2D eigenvalue weighted by Crippen LogP contribution is 2.24. The lowest BCUT2D eigenvalue weighted by Gasteiger charge is -2.16. The first-order chi connectivity index (χ1) is 7.15. The summed E-state index contributed by atoms with van der Waals surface area (Å²) < 4.78 is 0. The number of anilines is 1. The van der Waals surface area contributed by atoms with Crippen molar-refractivity contribution < 1.29 is 0 Å². The summed E-state index contributed by atoms with van der Waals surface area (Å²) in [4.78, 5) is 4.06. The van der Waals surface area contributed by atoms with E-state index in [2.05, 4.69) is 23.8 Å². The molecule has 0 saturated carbocycles. The molecule has 1 heterocycles. The molecule has 0 spiro atoms. The number of nitrogens with one attached hydrogen (secondary N) is 1. The Balaban J connectivity index is 2.67. The van der Waals surface area contributed by atoms with Crippen LogP contribution in [0.5, 0.6) is 0 Å². The Labute approximate surface area is 96.4 Å². The van der Waals surface area contributed by atoms with Crippen molar-refractivity contribution in [1.29, 1.82) is 0 Å². The van der Waals surface area contributed by atoms with Gasteiger partial charge in [0.25, 0.3) is 0 Å². The van der Waals surface area contributed by atoms with Gasteiger partial charge in [0.1, 0.15) is 0 Å². The third-order valence-electron chi connectivity index (χ3n) is 2.31. The molecule has 3 heteroatoms. The molecule has 0 saturated heterocycles. The Morgan fingerprint density at radius 3 is 3.00 bits per heavy atom. The van der Waals surface area contributed by atoms with Gasteiger partial charge in [-0.05, 0) is 38.3 Å². The fraction of sp³-hybridized carbons (Fsp3) is 0.417. The average Bonchev–Trinajstić information content (AvgIpc) is 2.21. The Morgan fingerprint density at radius 2 is 2.40 bits per heavy atom. The molecule has 0 aliphatic rings. The first-order valence-corrected chi connectivity index (χ1v) is 5.51. The van der Waals surface area contributed by atoms with Crippen molar-refractivity contribution in [2.24, 2.45) is 0 Å². The summed E-state index contributed by atoms with van der Waals surface area (Å²) in [7, 11) is 0. The summed E-state index contributed by atoms with van der Waals surface area (Å²) >= 11 is 6.01. The van der Waals surface area contributed by atoms with Crippen LogP contribution in [0, 0.1) is 6.92 Å².